The second-order valence-electron chi connectivity index (χ2n) is 7.57. The molecule has 1 fully saturated rings. The number of rotatable bonds is 2. The van der Waals surface area contributed by atoms with Crippen LogP contribution < -0.4 is 5.32 Å². The normalized spacial score (nSPS) is 19.2. The Kier molecular flexibility index (Phi) is 5.89. The van der Waals surface area contributed by atoms with Crippen LogP contribution in [0.25, 0.3) is 6.08 Å². The van der Waals surface area contributed by atoms with Crippen molar-refractivity contribution in [2.45, 2.75) is 45.6 Å². The van der Waals surface area contributed by atoms with Crippen molar-refractivity contribution in [3.8, 4) is 0 Å². The number of thioether (sulfide) groups is 1. The number of amides is 2. The SMILES string of the molecule is CC(C)(C)OC(=O)Nc1ccccc1/C=C1\SC(N2CCCCC2)=NC1=O. The lowest BCUT2D eigenvalue weighted by molar-refractivity contribution is -0.113. The highest BCUT2D eigenvalue weighted by Crippen LogP contribution is 2.32. The number of hydrogen-bond acceptors (Lipinski definition) is 5. The molecule has 6 nitrogen and oxygen atoms in total. The van der Waals surface area contributed by atoms with Gasteiger partial charge in [-0.05, 0) is 69.5 Å². The minimum Gasteiger partial charge on any atom is -0.444 e. The van der Waals surface area contributed by atoms with Crippen molar-refractivity contribution in [3.05, 3.63) is 34.7 Å². The van der Waals surface area contributed by atoms with Gasteiger partial charge in [0, 0.05) is 13.1 Å². The zero-order valence-corrected chi connectivity index (χ0v) is 16.8. The molecule has 27 heavy (non-hydrogen) atoms. The maximum absolute atomic E-state index is 12.3. The number of carbonyl (C=O) groups is 2. The molecule has 0 aliphatic carbocycles. The van der Waals surface area contributed by atoms with Crippen LogP contribution in [0.15, 0.2) is 34.2 Å². The van der Waals surface area contributed by atoms with Crippen LogP contribution in [0.5, 0.6) is 0 Å². The highest BCUT2D eigenvalue weighted by Gasteiger charge is 2.27. The lowest BCUT2D eigenvalue weighted by Crippen LogP contribution is -2.33. The van der Waals surface area contributed by atoms with E-state index in [1.165, 1.54) is 18.2 Å². The van der Waals surface area contributed by atoms with Crippen molar-refractivity contribution >= 4 is 40.7 Å². The fraction of sp³-hybridized carbons (Fsp3) is 0.450. The summed E-state index contributed by atoms with van der Waals surface area (Å²) in [7, 11) is 0. The average molecular weight is 388 g/mol. The Morgan fingerprint density at radius 3 is 2.63 bits per heavy atom. The van der Waals surface area contributed by atoms with E-state index in [9.17, 15) is 9.59 Å². The molecule has 1 N–H and O–H groups in total. The molecule has 0 radical (unpaired) electrons. The number of nitrogens with one attached hydrogen (secondary N) is 1. The molecule has 1 aromatic rings. The first kappa shape index (κ1) is 19.5. The summed E-state index contributed by atoms with van der Waals surface area (Å²) in [5.74, 6) is -0.229. The largest absolute Gasteiger partial charge is 0.444 e. The Bertz CT molecular complexity index is 790. The molecule has 0 unspecified atom stereocenters. The molecule has 0 saturated carbocycles. The molecule has 0 aromatic heterocycles. The fourth-order valence-corrected chi connectivity index (χ4v) is 3.87. The predicted molar refractivity (Wildman–Crippen MR) is 110 cm³/mol. The van der Waals surface area contributed by atoms with Gasteiger partial charge in [0.05, 0.1) is 10.6 Å². The fourth-order valence-electron chi connectivity index (χ4n) is 2.91. The number of hydrogen-bond donors (Lipinski definition) is 1. The number of aliphatic imine (C=N–C) groups is 1. The molecule has 0 spiro atoms. The van der Waals surface area contributed by atoms with Crippen LogP contribution in [0.3, 0.4) is 0 Å². The first-order chi connectivity index (χ1) is 12.8. The van der Waals surface area contributed by atoms with Crippen LogP contribution in [0, 0.1) is 0 Å². The summed E-state index contributed by atoms with van der Waals surface area (Å²) in [6.45, 7) is 7.33. The van der Waals surface area contributed by atoms with Gasteiger partial charge in [-0.15, -0.1) is 0 Å². The maximum atomic E-state index is 12.3. The Balaban J connectivity index is 1.74. The molecule has 2 aliphatic heterocycles. The molecule has 2 amide bonds. The number of piperidine rings is 1. The van der Waals surface area contributed by atoms with Crippen LogP contribution in [0.4, 0.5) is 10.5 Å². The first-order valence-corrected chi connectivity index (χ1v) is 10.00. The van der Waals surface area contributed by atoms with Crippen LogP contribution in [-0.4, -0.2) is 40.8 Å². The molecule has 3 rings (SSSR count). The molecule has 0 atom stereocenters. The lowest BCUT2D eigenvalue weighted by atomic mass is 10.1. The smallest absolute Gasteiger partial charge is 0.412 e. The van der Waals surface area contributed by atoms with Gasteiger partial charge in [-0.1, -0.05) is 18.2 Å². The Hall–Kier alpha value is -2.28. The Labute approximate surface area is 164 Å². The van der Waals surface area contributed by atoms with Crippen molar-refractivity contribution in [2.24, 2.45) is 4.99 Å². The van der Waals surface area contributed by atoms with Gasteiger partial charge in [0.1, 0.15) is 5.60 Å². The van der Waals surface area contributed by atoms with Crippen molar-refractivity contribution in [2.75, 3.05) is 18.4 Å². The highest BCUT2D eigenvalue weighted by molar-refractivity contribution is 8.18. The molecule has 7 heteroatoms. The van der Waals surface area contributed by atoms with Gasteiger partial charge >= 0.3 is 6.09 Å². The highest BCUT2D eigenvalue weighted by atomic mass is 32.2. The topological polar surface area (TPSA) is 71.0 Å². The zero-order valence-electron chi connectivity index (χ0n) is 15.9. The average Bonchev–Trinajstić information content (AvgIpc) is 2.96. The number of anilines is 1. The summed E-state index contributed by atoms with van der Waals surface area (Å²) < 4.78 is 5.31. The van der Waals surface area contributed by atoms with Crippen molar-refractivity contribution in [1.82, 2.24) is 4.90 Å². The molecule has 2 heterocycles. The molecule has 144 valence electrons. The van der Waals surface area contributed by atoms with E-state index in [1.807, 2.05) is 39.0 Å². The zero-order chi connectivity index (χ0) is 19.4. The standard InChI is InChI=1S/C20H25N3O3S/c1-20(2,3)26-19(25)21-15-10-6-5-9-14(15)13-16-17(24)22-18(27-16)23-11-7-4-8-12-23/h5-6,9-10,13H,4,7-8,11-12H2,1-3H3,(H,21,25)/b16-13-. The van der Waals surface area contributed by atoms with Gasteiger partial charge in [-0.25, -0.2) is 4.79 Å². The third-order valence-electron chi connectivity index (χ3n) is 4.12. The summed E-state index contributed by atoms with van der Waals surface area (Å²) >= 11 is 1.40. The molecular formula is C20H25N3O3S. The number of likely N-dealkylation sites (tertiary alicyclic amines) is 1. The van der Waals surface area contributed by atoms with E-state index in [1.54, 1.807) is 12.1 Å². The van der Waals surface area contributed by atoms with E-state index in [4.69, 9.17) is 4.74 Å². The molecular weight excluding hydrogens is 362 g/mol. The van der Waals surface area contributed by atoms with Gasteiger partial charge in [0.2, 0.25) is 0 Å². The van der Waals surface area contributed by atoms with E-state index in [-0.39, 0.29) is 5.91 Å². The van der Waals surface area contributed by atoms with Gasteiger partial charge < -0.3 is 9.64 Å². The number of nitrogens with zero attached hydrogens (tertiary/aromatic N) is 2. The van der Waals surface area contributed by atoms with Crippen LogP contribution in [0.1, 0.15) is 45.6 Å². The van der Waals surface area contributed by atoms with Crippen LogP contribution >= 0.6 is 11.8 Å². The van der Waals surface area contributed by atoms with Crippen LogP contribution in [-0.2, 0) is 9.53 Å². The Morgan fingerprint density at radius 2 is 1.93 bits per heavy atom. The minimum absolute atomic E-state index is 0.229. The molecule has 0 bridgehead atoms. The summed E-state index contributed by atoms with van der Waals surface area (Å²) in [5, 5.41) is 3.54. The quantitative estimate of drug-likeness (QED) is 0.757. The monoisotopic (exact) mass is 387 g/mol. The second kappa shape index (κ2) is 8.17. The summed E-state index contributed by atoms with van der Waals surface area (Å²) in [6.07, 6.45) is 4.75. The Morgan fingerprint density at radius 1 is 1.22 bits per heavy atom. The maximum Gasteiger partial charge on any atom is 0.412 e. The third-order valence-corrected chi connectivity index (χ3v) is 5.16. The molecule has 1 aromatic carbocycles. The van der Waals surface area contributed by atoms with Gasteiger partial charge in [0.25, 0.3) is 5.91 Å². The number of ether oxygens (including phenoxy) is 1. The first-order valence-electron chi connectivity index (χ1n) is 9.18. The van der Waals surface area contributed by atoms with E-state index < -0.39 is 11.7 Å². The van der Waals surface area contributed by atoms with Gasteiger partial charge in [-0.2, -0.15) is 4.99 Å². The summed E-state index contributed by atoms with van der Waals surface area (Å²) in [6, 6.07) is 7.33. The van der Waals surface area contributed by atoms with E-state index in [0.717, 1.165) is 36.7 Å². The molecule has 2 aliphatic rings. The number of benzene rings is 1. The second-order valence-corrected chi connectivity index (χ2v) is 8.58. The third kappa shape index (κ3) is 5.35. The summed E-state index contributed by atoms with van der Waals surface area (Å²) in [4.78, 5) is 31.4. The molecule has 1 saturated heterocycles. The number of amidine groups is 1. The van der Waals surface area contributed by atoms with Gasteiger partial charge in [0.15, 0.2) is 5.17 Å². The lowest BCUT2D eigenvalue weighted by Gasteiger charge is -2.27. The van der Waals surface area contributed by atoms with E-state index >= 15 is 0 Å². The minimum atomic E-state index is -0.577. The van der Waals surface area contributed by atoms with E-state index in [0.29, 0.717) is 10.6 Å². The van der Waals surface area contributed by atoms with E-state index in [2.05, 4.69) is 15.2 Å². The van der Waals surface area contributed by atoms with Crippen LogP contribution in [0.2, 0.25) is 0 Å². The van der Waals surface area contributed by atoms with Crippen molar-refractivity contribution < 1.29 is 14.3 Å². The number of para-hydroxylation sites is 1. The summed E-state index contributed by atoms with van der Waals surface area (Å²) in [5.41, 5.74) is 0.764. The van der Waals surface area contributed by atoms with Crippen molar-refractivity contribution in [1.29, 1.82) is 0 Å². The van der Waals surface area contributed by atoms with Gasteiger partial charge in [-0.3, -0.25) is 10.1 Å². The van der Waals surface area contributed by atoms with Crippen molar-refractivity contribution in [3.63, 3.8) is 0 Å². The number of carbonyl (C=O) groups excluding carboxylic acids is 2. The predicted octanol–water partition coefficient (Wildman–Crippen LogP) is 4.49.